The molecule has 0 radical (unpaired) electrons. The summed E-state index contributed by atoms with van der Waals surface area (Å²) in [6.07, 6.45) is 3.36. The Kier molecular flexibility index (Phi) is 6.18. The lowest BCUT2D eigenvalue weighted by Gasteiger charge is -2.08. The zero-order valence-electron chi connectivity index (χ0n) is 14.5. The van der Waals surface area contributed by atoms with Crippen LogP contribution < -0.4 is 10.6 Å². The molecular formula is C21H18ClN3O2. The maximum Gasteiger partial charge on any atom is 0.251 e. The van der Waals surface area contributed by atoms with Gasteiger partial charge in [-0.05, 0) is 59.7 Å². The number of carbonyl (C=O) groups is 2. The second-order valence-corrected chi connectivity index (χ2v) is 6.36. The van der Waals surface area contributed by atoms with Gasteiger partial charge in [0.1, 0.15) is 0 Å². The first kappa shape index (κ1) is 18.6. The number of amides is 2. The van der Waals surface area contributed by atoms with Crippen molar-refractivity contribution in [3.8, 4) is 0 Å². The first-order chi connectivity index (χ1) is 13.1. The quantitative estimate of drug-likeness (QED) is 0.687. The highest BCUT2D eigenvalue weighted by Gasteiger charge is 2.09. The molecule has 3 aromatic rings. The summed E-state index contributed by atoms with van der Waals surface area (Å²) in [4.78, 5) is 28.4. The summed E-state index contributed by atoms with van der Waals surface area (Å²) in [5, 5.41) is 6.33. The molecule has 6 heteroatoms. The molecule has 0 aliphatic heterocycles. The lowest BCUT2D eigenvalue weighted by atomic mass is 10.1. The minimum Gasteiger partial charge on any atom is -0.348 e. The van der Waals surface area contributed by atoms with Gasteiger partial charge < -0.3 is 10.6 Å². The summed E-state index contributed by atoms with van der Waals surface area (Å²) < 4.78 is 0. The summed E-state index contributed by atoms with van der Waals surface area (Å²) >= 11 is 5.85. The van der Waals surface area contributed by atoms with Gasteiger partial charge in [-0.15, -0.1) is 0 Å². The zero-order chi connectivity index (χ0) is 19.1. The fourth-order valence-electron chi connectivity index (χ4n) is 2.44. The first-order valence-electron chi connectivity index (χ1n) is 8.41. The SMILES string of the molecule is O=C(NCc1ccncc1)c1ccc(C(=O)NCc2ccc(Cl)cc2)cc1. The third kappa shape index (κ3) is 5.39. The molecular weight excluding hydrogens is 362 g/mol. The van der Waals surface area contributed by atoms with Gasteiger partial charge in [0.05, 0.1) is 0 Å². The van der Waals surface area contributed by atoms with Crippen LogP contribution in [0.25, 0.3) is 0 Å². The van der Waals surface area contributed by atoms with E-state index in [1.165, 1.54) is 0 Å². The highest BCUT2D eigenvalue weighted by Crippen LogP contribution is 2.10. The minimum absolute atomic E-state index is 0.195. The number of nitrogens with zero attached hydrogens (tertiary/aromatic N) is 1. The number of pyridine rings is 1. The smallest absolute Gasteiger partial charge is 0.251 e. The standard InChI is InChI=1S/C21H18ClN3O2/c22-19-7-1-15(2-8-19)13-24-20(26)17-3-5-18(6-4-17)21(27)25-14-16-9-11-23-12-10-16/h1-12H,13-14H2,(H,24,26)(H,25,27). The normalized spacial score (nSPS) is 10.3. The number of benzene rings is 2. The molecule has 0 aliphatic carbocycles. The van der Waals surface area contributed by atoms with Crippen LogP contribution in [0.1, 0.15) is 31.8 Å². The van der Waals surface area contributed by atoms with Crippen LogP contribution in [0.3, 0.4) is 0 Å². The van der Waals surface area contributed by atoms with Gasteiger partial charge in [0.15, 0.2) is 0 Å². The Labute approximate surface area is 162 Å². The Hall–Kier alpha value is -3.18. The van der Waals surface area contributed by atoms with Gasteiger partial charge in [-0.25, -0.2) is 0 Å². The highest BCUT2D eigenvalue weighted by atomic mass is 35.5. The van der Waals surface area contributed by atoms with E-state index in [-0.39, 0.29) is 11.8 Å². The summed E-state index contributed by atoms with van der Waals surface area (Å²) in [6.45, 7) is 0.828. The van der Waals surface area contributed by atoms with Gasteiger partial charge >= 0.3 is 0 Å². The average Bonchev–Trinajstić information content (AvgIpc) is 2.72. The Balaban J connectivity index is 1.53. The van der Waals surface area contributed by atoms with E-state index in [9.17, 15) is 9.59 Å². The second kappa shape index (κ2) is 8.96. The van der Waals surface area contributed by atoms with Crippen molar-refractivity contribution in [1.82, 2.24) is 15.6 Å². The van der Waals surface area contributed by atoms with Crippen LogP contribution >= 0.6 is 11.6 Å². The van der Waals surface area contributed by atoms with E-state index in [2.05, 4.69) is 15.6 Å². The summed E-state index contributed by atoms with van der Waals surface area (Å²) in [7, 11) is 0. The third-order valence-electron chi connectivity index (χ3n) is 3.98. The molecule has 1 heterocycles. The van der Waals surface area contributed by atoms with E-state index in [4.69, 9.17) is 11.6 Å². The van der Waals surface area contributed by atoms with E-state index in [1.807, 2.05) is 24.3 Å². The van der Waals surface area contributed by atoms with E-state index in [0.29, 0.717) is 29.2 Å². The van der Waals surface area contributed by atoms with Gasteiger partial charge in [0.25, 0.3) is 11.8 Å². The Bertz CT molecular complexity index is 910. The average molecular weight is 380 g/mol. The molecule has 0 atom stereocenters. The lowest BCUT2D eigenvalue weighted by Crippen LogP contribution is -2.24. The predicted octanol–water partition coefficient (Wildman–Crippen LogP) is 3.60. The van der Waals surface area contributed by atoms with Crippen LogP contribution in [-0.4, -0.2) is 16.8 Å². The van der Waals surface area contributed by atoms with Crippen molar-refractivity contribution in [3.05, 3.63) is 100 Å². The molecule has 0 spiro atoms. The maximum absolute atomic E-state index is 12.2. The molecule has 2 aromatic carbocycles. The van der Waals surface area contributed by atoms with Crippen molar-refractivity contribution in [2.24, 2.45) is 0 Å². The molecule has 136 valence electrons. The van der Waals surface area contributed by atoms with Gasteiger partial charge in [-0.2, -0.15) is 0 Å². The van der Waals surface area contributed by atoms with Crippen molar-refractivity contribution in [3.63, 3.8) is 0 Å². The first-order valence-corrected chi connectivity index (χ1v) is 8.79. The number of halogens is 1. The van der Waals surface area contributed by atoms with Crippen LogP contribution in [0.2, 0.25) is 5.02 Å². The van der Waals surface area contributed by atoms with Gasteiger partial charge in [-0.3, -0.25) is 14.6 Å². The zero-order valence-corrected chi connectivity index (χ0v) is 15.2. The number of aromatic nitrogens is 1. The summed E-state index contributed by atoms with van der Waals surface area (Å²) in [5.74, 6) is -0.395. The second-order valence-electron chi connectivity index (χ2n) is 5.92. The van der Waals surface area contributed by atoms with Crippen molar-refractivity contribution in [2.75, 3.05) is 0 Å². The van der Waals surface area contributed by atoms with Gasteiger partial charge in [0.2, 0.25) is 0 Å². The Morgan fingerprint density at radius 3 is 1.63 bits per heavy atom. The molecule has 0 bridgehead atoms. The third-order valence-corrected chi connectivity index (χ3v) is 4.23. The fourth-order valence-corrected chi connectivity index (χ4v) is 2.57. The largest absolute Gasteiger partial charge is 0.348 e. The Morgan fingerprint density at radius 1 is 0.704 bits per heavy atom. The van der Waals surface area contributed by atoms with E-state index in [1.54, 1.807) is 48.8 Å². The molecule has 27 heavy (non-hydrogen) atoms. The molecule has 0 saturated carbocycles. The molecule has 0 aliphatic rings. The molecule has 2 amide bonds. The molecule has 0 fully saturated rings. The lowest BCUT2D eigenvalue weighted by molar-refractivity contribution is 0.0939. The van der Waals surface area contributed by atoms with Gasteiger partial charge in [-0.1, -0.05) is 23.7 Å². The van der Waals surface area contributed by atoms with E-state index >= 15 is 0 Å². The van der Waals surface area contributed by atoms with Crippen LogP contribution in [0.5, 0.6) is 0 Å². The van der Waals surface area contributed by atoms with Crippen LogP contribution in [0, 0.1) is 0 Å². The van der Waals surface area contributed by atoms with Crippen LogP contribution in [0.4, 0.5) is 0 Å². The fraction of sp³-hybridized carbons (Fsp3) is 0.0952. The molecule has 0 saturated heterocycles. The molecule has 0 unspecified atom stereocenters. The number of hydrogen-bond acceptors (Lipinski definition) is 3. The number of hydrogen-bond donors (Lipinski definition) is 2. The Morgan fingerprint density at radius 2 is 1.15 bits per heavy atom. The maximum atomic E-state index is 12.2. The van der Waals surface area contributed by atoms with Crippen LogP contribution in [-0.2, 0) is 13.1 Å². The predicted molar refractivity (Wildman–Crippen MR) is 104 cm³/mol. The number of rotatable bonds is 6. The number of carbonyl (C=O) groups excluding carboxylic acids is 2. The van der Waals surface area contributed by atoms with Crippen molar-refractivity contribution in [2.45, 2.75) is 13.1 Å². The van der Waals surface area contributed by atoms with E-state index < -0.39 is 0 Å². The van der Waals surface area contributed by atoms with Crippen molar-refractivity contribution in [1.29, 1.82) is 0 Å². The monoisotopic (exact) mass is 379 g/mol. The van der Waals surface area contributed by atoms with E-state index in [0.717, 1.165) is 11.1 Å². The summed E-state index contributed by atoms with van der Waals surface area (Å²) in [6, 6.07) is 17.5. The van der Waals surface area contributed by atoms with Crippen molar-refractivity contribution < 1.29 is 9.59 Å². The van der Waals surface area contributed by atoms with Crippen molar-refractivity contribution >= 4 is 23.4 Å². The minimum atomic E-state index is -0.200. The van der Waals surface area contributed by atoms with Crippen LogP contribution in [0.15, 0.2) is 73.1 Å². The molecule has 2 N–H and O–H groups in total. The summed E-state index contributed by atoms with van der Waals surface area (Å²) in [5.41, 5.74) is 2.92. The van der Waals surface area contributed by atoms with Gasteiger partial charge in [0, 0.05) is 41.6 Å². The molecule has 5 nitrogen and oxygen atoms in total. The topological polar surface area (TPSA) is 71.1 Å². The highest BCUT2D eigenvalue weighted by molar-refractivity contribution is 6.30. The number of nitrogens with one attached hydrogen (secondary N) is 2. The molecule has 1 aromatic heterocycles. The molecule has 3 rings (SSSR count).